The van der Waals surface area contributed by atoms with Gasteiger partial charge < -0.3 is 60.3 Å². The first kappa shape index (κ1) is 94.5. The molecule has 12 N–H and O–H groups in total. The van der Waals surface area contributed by atoms with Crippen molar-refractivity contribution in [3.63, 3.8) is 0 Å². The molecule has 0 bridgehead atoms. The Kier molecular flexibility index (Phi) is 32.3. The number of aromatic amines is 5. The zero-order valence-corrected chi connectivity index (χ0v) is 74.4. The Bertz CT molecular complexity index is 6660. The summed E-state index contributed by atoms with van der Waals surface area (Å²) in [6.07, 6.45) is 16.5. The van der Waals surface area contributed by atoms with Crippen LogP contribution in [-0.2, 0) is 35.2 Å². The fourth-order valence-corrected chi connectivity index (χ4v) is 14.7. The van der Waals surface area contributed by atoms with Gasteiger partial charge in [-0.2, -0.15) is 30.8 Å². The molecule has 131 heavy (non-hydrogen) atoms. The summed E-state index contributed by atoms with van der Waals surface area (Å²) in [6, 6.07) is 55.4. The summed E-state index contributed by atoms with van der Waals surface area (Å²) < 4.78 is 59.1. The minimum Gasteiger partial charge on any atom is -0.495 e. The van der Waals surface area contributed by atoms with E-state index in [-0.39, 0.29) is 59.2 Å². The van der Waals surface area contributed by atoms with Gasteiger partial charge in [-0.3, -0.25) is 44.7 Å². The van der Waals surface area contributed by atoms with Crippen molar-refractivity contribution in [1.29, 1.82) is 5.26 Å². The van der Waals surface area contributed by atoms with Gasteiger partial charge in [0.2, 0.25) is 5.91 Å². The minimum absolute atomic E-state index is 0.0665. The van der Waals surface area contributed by atoms with Gasteiger partial charge >= 0.3 is 5.97 Å². The van der Waals surface area contributed by atoms with Crippen LogP contribution in [0.4, 0.5) is 8.78 Å². The summed E-state index contributed by atoms with van der Waals surface area (Å²) in [6.45, 7) is 12.7. The molecule has 674 valence electrons. The number of hydrogen-bond acceptors (Lipinski definition) is 18. The van der Waals surface area contributed by atoms with E-state index in [9.17, 15) is 48.2 Å². The summed E-state index contributed by atoms with van der Waals surface area (Å²) in [5.41, 5.74) is 23.4. The minimum atomic E-state index is -1.01. The molecule has 5 aromatic heterocycles. The number of aliphatic hydroxyl groups excluding tert-OH is 1. The average Bonchev–Trinajstić information content (AvgIpc) is 1.83. The third-order valence-corrected chi connectivity index (χ3v) is 22.0. The highest BCUT2D eigenvalue weighted by atomic mass is 19.1. The average molecular weight is 1770 g/mol. The Morgan fingerprint density at radius 3 is 1.21 bits per heavy atom. The lowest BCUT2D eigenvalue weighted by atomic mass is 10.0. The number of aromatic carboxylic acids is 1. The number of aryl methyl sites for hydroxylation is 7. The van der Waals surface area contributed by atoms with E-state index in [2.05, 4.69) is 148 Å². The Balaban J connectivity index is 0.000000149. The van der Waals surface area contributed by atoms with Crippen LogP contribution in [0, 0.1) is 49.7 Å². The zero-order chi connectivity index (χ0) is 93.4. The number of rotatable bonds is 28. The molecule has 0 spiro atoms. The van der Waals surface area contributed by atoms with Gasteiger partial charge in [0.05, 0.1) is 148 Å². The van der Waals surface area contributed by atoms with Crippen LogP contribution in [0.25, 0.3) is 91.0 Å². The Hall–Kier alpha value is -15.6. The van der Waals surface area contributed by atoms with E-state index in [1.807, 2.05) is 63.3 Å². The van der Waals surface area contributed by atoms with Gasteiger partial charge in [-0.15, -0.1) is 0 Å². The Labute approximate surface area is 754 Å². The molecule has 28 nitrogen and oxygen atoms in total. The molecule has 10 aromatic carbocycles. The van der Waals surface area contributed by atoms with Crippen molar-refractivity contribution in [2.45, 2.75) is 98.3 Å². The number of carbonyl (C=O) groups excluding carboxylic acids is 4. The maximum Gasteiger partial charge on any atom is 0.339 e. The summed E-state index contributed by atoms with van der Waals surface area (Å²) in [4.78, 5) is 60.7. The van der Waals surface area contributed by atoms with Crippen molar-refractivity contribution in [3.05, 3.63) is 294 Å². The van der Waals surface area contributed by atoms with Crippen LogP contribution in [0.15, 0.2) is 182 Å². The van der Waals surface area contributed by atoms with E-state index in [1.165, 1.54) is 93.5 Å². The molecule has 0 saturated carbocycles. The number of aromatic nitrogens is 10. The number of primary amides is 1. The fourth-order valence-electron chi connectivity index (χ4n) is 14.7. The predicted molar refractivity (Wildman–Crippen MR) is 503 cm³/mol. The number of nitrogens with two attached hydrogens (primary N) is 1. The number of ether oxygens (including phenoxy) is 6. The molecule has 0 aliphatic carbocycles. The lowest BCUT2D eigenvalue weighted by Gasteiger charge is -2.20. The first-order chi connectivity index (χ1) is 63.3. The summed E-state index contributed by atoms with van der Waals surface area (Å²) in [5.74, 6) is -0.914. The van der Waals surface area contributed by atoms with Crippen LogP contribution in [0.2, 0.25) is 0 Å². The molecule has 1 fully saturated rings. The summed E-state index contributed by atoms with van der Waals surface area (Å²) in [5, 5.41) is 76.5. The van der Waals surface area contributed by atoms with Crippen molar-refractivity contribution >= 4 is 121 Å². The summed E-state index contributed by atoms with van der Waals surface area (Å²) in [7, 11) is 7.60. The van der Waals surface area contributed by atoms with E-state index in [0.717, 1.165) is 106 Å². The van der Waals surface area contributed by atoms with Crippen LogP contribution >= 0.6 is 0 Å². The van der Waals surface area contributed by atoms with Gasteiger partial charge in [0.1, 0.15) is 58.1 Å². The van der Waals surface area contributed by atoms with Crippen LogP contribution in [0.3, 0.4) is 0 Å². The number of nitrogens with one attached hydrogen (secondary N) is 8. The maximum atomic E-state index is 13.1. The van der Waals surface area contributed by atoms with Crippen molar-refractivity contribution in [2.75, 3.05) is 55.3 Å². The number of carboxylic acids is 1. The quantitative estimate of drug-likeness (QED) is 0.0217. The molecule has 3 atom stereocenters. The lowest BCUT2D eigenvalue weighted by molar-refractivity contribution is -0.119. The third kappa shape index (κ3) is 23.6. The molecular formula is C101H103F2N15O13. The van der Waals surface area contributed by atoms with E-state index < -0.39 is 23.8 Å². The number of H-pyrrole nitrogens is 5. The van der Waals surface area contributed by atoms with Gasteiger partial charge in [-0.25, -0.2) is 13.6 Å². The van der Waals surface area contributed by atoms with Gasteiger partial charge in [0.15, 0.2) is 0 Å². The normalized spacial score (nSPS) is 12.8. The molecule has 1 unspecified atom stereocenters. The summed E-state index contributed by atoms with van der Waals surface area (Å²) >= 11 is 0. The second-order valence-electron chi connectivity index (χ2n) is 31.4. The lowest BCUT2D eigenvalue weighted by Crippen LogP contribution is -2.42. The standard InChI is InChI=1S/C23H27N3O3.C22H22FN3O3.C20H19FN4O3.C18H17N3O.C18H18N2O3/c1-14(2)20(13-27)24-23(28)17-10-12-19-21(22(17)29-4)18(25-26-19)11-9-16-7-5-15(3)6-8-16;1-28-21-17(22(27)24-13-16-3-2-12-29-16)9-11-19-20(21)18(25-26-19)10-6-14-4-7-15(23)8-5-14;1-11(19(22)26)23-20(27)14-8-10-16-17(18(14)28-2)15(24-25-16)9-5-12-3-6-13(21)7-4-12;1-12-3-5-13(6-4-12)7-9-15-17-16(21-20-15)10-8-14(11-19)18(17)22-2;1-11-3-5-12(6-4-11)7-9-14-16-15(20-19-14)10-8-13(18(21)22)17(16)23-2/h5-12,14,20,27H,13H2,1-4H3,(H,24,28)(H,25,26);4-11,16H,2-3,12-13H2,1H3,(H,24,27)(H,25,26);3-11H,1-2H3,(H2,22,26)(H,23,27)(H,24,25);3-6,8,10H,7,9H2,1-2H3,(H,20,21);3-6,8,10H,7,9H2,1-2H3,(H,19,20)(H,21,22)/b11-9+;10-6+;9-5+;;/t20-;;11-;;/m1.0../s1. The van der Waals surface area contributed by atoms with Gasteiger partial charge in [-0.1, -0.05) is 146 Å². The van der Waals surface area contributed by atoms with Crippen LogP contribution in [0.1, 0.15) is 154 Å². The second kappa shape index (κ2) is 44.7. The number of carbonyl (C=O) groups is 5. The number of benzene rings is 10. The van der Waals surface area contributed by atoms with Gasteiger partial charge in [-0.05, 0) is 203 Å². The molecule has 1 aliphatic heterocycles. The van der Waals surface area contributed by atoms with E-state index in [1.54, 1.807) is 92.1 Å². The van der Waals surface area contributed by atoms with Gasteiger partial charge in [0, 0.05) is 24.5 Å². The number of aliphatic hydroxyl groups is 1. The molecule has 6 heterocycles. The maximum absolute atomic E-state index is 13.1. The van der Waals surface area contributed by atoms with E-state index in [0.29, 0.717) is 90.8 Å². The SMILES string of the molecule is COc1c(C#N)ccc2n[nH]c(CCc3ccc(C)cc3)c12.COc1c(C(=O)NCC2CCCO2)ccc2n[nH]c(/C=C/c3ccc(F)cc3)c12.COc1c(C(=O)N[C@@H](C)C(N)=O)ccc2n[nH]c(/C=C/c3ccc(F)cc3)c12.COc1c(C(=O)N[C@H](CO)C(C)C)ccc2n[nH]c(/C=C/c3ccc(C)cc3)c12.COc1c(C(=O)O)ccc2n[nH]c(CCc3ccc(C)cc3)c12. The van der Waals surface area contributed by atoms with Crippen molar-refractivity contribution in [3.8, 4) is 34.8 Å². The Morgan fingerprint density at radius 2 is 0.832 bits per heavy atom. The number of halogens is 2. The Morgan fingerprint density at radius 1 is 0.473 bits per heavy atom. The number of methoxy groups -OCH3 is 5. The number of hydrogen-bond donors (Lipinski definition) is 11. The van der Waals surface area contributed by atoms with Crippen molar-refractivity contribution in [2.24, 2.45) is 11.7 Å². The zero-order valence-electron chi connectivity index (χ0n) is 74.4. The first-order valence-electron chi connectivity index (χ1n) is 42.3. The van der Waals surface area contributed by atoms with Crippen molar-refractivity contribution < 1.29 is 71.4 Å². The number of fused-ring (bicyclic) bond motifs is 5. The number of nitriles is 1. The van der Waals surface area contributed by atoms with E-state index in [4.69, 9.17) is 34.2 Å². The fraction of sp³-hybridized carbons (Fsp3) is 0.238. The monoisotopic (exact) mass is 1770 g/mol. The van der Waals surface area contributed by atoms with E-state index >= 15 is 0 Å². The number of carboxylic acid groups (broad SMARTS) is 1. The highest BCUT2D eigenvalue weighted by Gasteiger charge is 2.27. The smallest absolute Gasteiger partial charge is 0.339 e. The predicted octanol–water partition coefficient (Wildman–Crippen LogP) is 17.0. The molecule has 30 heteroatoms. The number of nitrogens with zero attached hydrogens (tertiary/aromatic N) is 6. The molecule has 0 radical (unpaired) electrons. The number of amides is 4. The molecular weight excluding hydrogens is 1670 g/mol. The molecule has 4 amide bonds. The molecule has 16 rings (SSSR count). The topological polar surface area (TPSA) is 410 Å². The highest BCUT2D eigenvalue weighted by molar-refractivity contribution is 6.09. The molecule has 1 saturated heterocycles. The first-order valence-corrected chi connectivity index (χ1v) is 42.3. The van der Waals surface area contributed by atoms with Crippen LogP contribution < -0.4 is 45.4 Å². The molecule has 1 aliphatic rings. The van der Waals surface area contributed by atoms with Crippen molar-refractivity contribution in [1.82, 2.24) is 66.9 Å². The third-order valence-electron chi connectivity index (χ3n) is 22.0. The van der Waals surface area contributed by atoms with Crippen LogP contribution in [0.5, 0.6) is 28.7 Å². The second-order valence-corrected chi connectivity index (χ2v) is 31.4. The largest absolute Gasteiger partial charge is 0.495 e. The molecule has 15 aromatic rings. The highest BCUT2D eigenvalue weighted by Crippen LogP contribution is 2.38. The van der Waals surface area contributed by atoms with Crippen LogP contribution in [-0.4, -0.2) is 164 Å². The van der Waals surface area contributed by atoms with Gasteiger partial charge in [0.25, 0.3) is 17.7 Å².